The van der Waals surface area contributed by atoms with Gasteiger partial charge in [0.15, 0.2) is 0 Å². The predicted molar refractivity (Wildman–Crippen MR) is 55.3 cm³/mol. The zero-order valence-electron chi connectivity index (χ0n) is 8.48. The van der Waals surface area contributed by atoms with Gasteiger partial charge in [-0.15, -0.1) is 12.3 Å². The maximum absolute atomic E-state index is 11.7. The number of amides is 2. The Morgan fingerprint density at radius 1 is 1.60 bits per heavy atom. The van der Waals surface area contributed by atoms with E-state index in [9.17, 15) is 9.59 Å². The number of hydrogen-bond donors (Lipinski definition) is 2. The summed E-state index contributed by atoms with van der Waals surface area (Å²) in [6.07, 6.45) is 5.90. The molecule has 0 radical (unpaired) electrons. The van der Waals surface area contributed by atoms with Crippen LogP contribution in [0.25, 0.3) is 0 Å². The van der Waals surface area contributed by atoms with Gasteiger partial charge in [0.25, 0.3) is 0 Å². The summed E-state index contributed by atoms with van der Waals surface area (Å²) in [6, 6.07) is -0.665. The number of rotatable bonds is 3. The van der Waals surface area contributed by atoms with E-state index in [2.05, 4.69) is 5.92 Å². The minimum Gasteiger partial charge on any atom is -0.369 e. The highest BCUT2D eigenvalue weighted by atomic mass is 16.2. The van der Waals surface area contributed by atoms with Crippen LogP contribution in [-0.2, 0) is 9.59 Å². The standard InChI is InChI=1S/C10H15N3O2/c1-2-3-8(11)10(15)13-5-4-7(6-13)9(12)14/h1,7-8H,3-6,11H2,(H2,12,14). The fourth-order valence-corrected chi connectivity index (χ4v) is 1.64. The Morgan fingerprint density at radius 3 is 2.73 bits per heavy atom. The third kappa shape index (κ3) is 2.70. The van der Waals surface area contributed by atoms with Crippen molar-refractivity contribution in [3.8, 4) is 12.3 Å². The van der Waals surface area contributed by atoms with Gasteiger partial charge in [0.1, 0.15) is 0 Å². The lowest BCUT2D eigenvalue weighted by Gasteiger charge is -2.19. The van der Waals surface area contributed by atoms with Gasteiger partial charge >= 0.3 is 0 Å². The van der Waals surface area contributed by atoms with E-state index in [4.69, 9.17) is 17.9 Å². The largest absolute Gasteiger partial charge is 0.369 e. The molecule has 5 nitrogen and oxygen atoms in total. The molecular formula is C10H15N3O2. The Morgan fingerprint density at radius 2 is 2.27 bits per heavy atom. The van der Waals surface area contributed by atoms with E-state index in [0.717, 1.165) is 0 Å². The molecule has 82 valence electrons. The minimum absolute atomic E-state index is 0.197. The fraction of sp³-hybridized carbons (Fsp3) is 0.600. The fourth-order valence-electron chi connectivity index (χ4n) is 1.64. The summed E-state index contributed by atoms with van der Waals surface area (Å²) in [5.41, 5.74) is 10.7. The van der Waals surface area contributed by atoms with E-state index in [-0.39, 0.29) is 24.2 Å². The van der Waals surface area contributed by atoms with E-state index < -0.39 is 6.04 Å². The number of likely N-dealkylation sites (tertiary alicyclic amines) is 1. The molecule has 0 saturated carbocycles. The predicted octanol–water partition coefficient (Wildman–Crippen LogP) is -1.33. The first kappa shape index (κ1) is 11.5. The van der Waals surface area contributed by atoms with E-state index in [0.29, 0.717) is 19.5 Å². The smallest absolute Gasteiger partial charge is 0.240 e. The summed E-state index contributed by atoms with van der Waals surface area (Å²) in [5.74, 6) is 1.54. The first-order valence-corrected chi connectivity index (χ1v) is 4.83. The van der Waals surface area contributed by atoms with Crippen LogP contribution < -0.4 is 11.5 Å². The SMILES string of the molecule is C#CCC(N)C(=O)N1CCC(C(N)=O)C1. The lowest BCUT2D eigenvalue weighted by molar-refractivity contribution is -0.131. The highest BCUT2D eigenvalue weighted by molar-refractivity contribution is 5.84. The van der Waals surface area contributed by atoms with Crippen molar-refractivity contribution in [2.24, 2.45) is 17.4 Å². The molecule has 0 bridgehead atoms. The average molecular weight is 209 g/mol. The number of nitrogens with zero attached hydrogens (tertiary/aromatic N) is 1. The van der Waals surface area contributed by atoms with Gasteiger partial charge in [-0.1, -0.05) is 0 Å². The zero-order valence-corrected chi connectivity index (χ0v) is 8.48. The van der Waals surface area contributed by atoms with Crippen molar-refractivity contribution < 1.29 is 9.59 Å². The number of nitrogens with two attached hydrogens (primary N) is 2. The monoisotopic (exact) mass is 209 g/mol. The minimum atomic E-state index is -0.665. The van der Waals surface area contributed by atoms with Gasteiger partial charge in [0.2, 0.25) is 11.8 Å². The molecule has 1 saturated heterocycles. The molecule has 0 aromatic heterocycles. The molecule has 1 heterocycles. The molecule has 4 N–H and O–H groups in total. The summed E-state index contributed by atoms with van der Waals surface area (Å²) in [6.45, 7) is 0.900. The van der Waals surface area contributed by atoms with Crippen molar-refractivity contribution in [2.75, 3.05) is 13.1 Å². The molecule has 1 rings (SSSR count). The number of primary amides is 1. The van der Waals surface area contributed by atoms with Crippen molar-refractivity contribution in [1.29, 1.82) is 0 Å². The van der Waals surface area contributed by atoms with Crippen molar-refractivity contribution in [3.63, 3.8) is 0 Å². The second-order valence-corrected chi connectivity index (χ2v) is 3.69. The van der Waals surface area contributed by atoms with Crippen LogP contribution in [0.15, 0.2) is 0 Å². The Bertz CT molecular complexity index is 308. The summed E-state index contributed by atoms with van der Waals surface area (Å²) in [7, 11) is 0. The first-order chi connectivity index (χ1) is 7.06. The maximum Gasteiger partial charge on any atom is 0.240 e. The Balaban J connectivity index is 2.50. The second kappa shape index (κ2) is 4.80. The molecule has 0 aliphatic carbocycles. The molecular weight excluding hydrogens is 194 g/mol. The van der Waals surface area contributed by atoms with Crippen LogP contribution in [0.3, 0.4) is 0 Å². The molecule has 2 atom stereocenters. The van der Waals surface area contributed by atoms with Gasteiger partial charge in [0.05, 0.1) is 12.0 Å². The van der Waals surface area contributed by atoms with Gasteiger partial charge in [-0.25, -0.2) is 0 Å². The highest BCUT2D eigenvalue weighted by Gasteiger charge is 2.31. The number of carbonyl (C=O) groups is 2. The molecule has 2 unspecified atom stereocenters. The molecule has 0 spiro atoms. The third-order valence-corrected chi connectivity index (χ3v) is 2.56. The Hall–Kier alpha value is -1.54. The number of terminal acetylenes is 1. The van der Waals surface area contributed by atoms with Crippen molar-refractivity contribution >= 4 is 11.8 Å². The number of hydrogen-bond acceptors (Lipinski definition) is 3. The normalized spacial score (nSPS) is 22.1. The third-order valence-electron chi connectivity index (χ3n) is 2.56. The Labute approximate surface area is 88.8 Å². The summed E-state index contributed by atoms with van der Waals surface area (Å²) < 4.78 is 0. The van der Waals surface area contributed by atoms with Gasteiger partial charge in [0, 0.05) is 19.5 Å². The molecule has 0 aromatic rings. The molecule has 0 aromatic carbocycles. The van der Waals surface area contributed by atoms with Crippen LogP contribution >= 0.6 is 0 Å². The van der Waals surface area contributed by atoms with Crippen LogP contribution in [-0.4, -0.2) is 35.8 Å². The van der Waals surface area contributed by atoms with Crippen LogP contribution in [0.4, 0.5) is 0 Å². The summed E-state index contributed by atoms with van der Waals surface area (Å²) >= 11 is 0. The molecule has 1 aliphatic rings. The quantitative estimate of drug-likeness (QED) is 0.564. The van der Waals surface area contributed by atoms with E-state index >= 15 is 0 Å². The van der Waals surface area contributed by atoms with Crippen molar-refractivity contribution in [3.05, 3.63) is 0 Å². The summed E-state index contributed by atoms with van der Waals surface area (Å²) in [4.78, 5) is 24.1. The first-order valence-electron chi connectivity index (χ1n) is 4.83. The van der Waals surface area contributed by atoms with Gasteiger partial charge < -0.3 is 16.4 Å². The van der Waals surface area contributed by atoms with E-state index in [1.807, 2.05) is 0 Å². The molecule has 1 aliphatic heterocycles. The van der Waals surface area contributed by atoms with Crippen LogP contribution in [0.5, 0.6) is 0 Å². The van der Waals surface area contributed by atoms with E-state index in [1.54, 1.807) is 4.90 Å². The molecule has 15 heavy (non-hydrogen) atoms. The van der Waals surface area contributed by atoms with Crippen LogP contribution in [0.1, 0.15) is 12.8 Å². The van der Waals surface area contributed by atoms with Gasteiger partial charge in [-0.3, -0.25) is 9.59 Å². The van der Waals surface area contributed by atoms with Crippen LogP contribution in [0, 0.1) is 18.3 Å². The lowest BCUT2D eigenvalue weighted by atomic mass is 10.1. The van der Waals surface area contributed by atoms with Gasteiger partial charge in [-0.05, 0) is 6.42 Å². The average Bonchev–Trinajstić information content (AvgIpc) is 2.65. The van der Waals surface area contributed by atoms with Crippen molar-refractivity contribution in [2.45, 2.75) is 18.9 Å². The molecule has 5 heteroatoms. The summed E-state index contributed by atoms with van der Waals surface area (Å²) in [5, 5.41) is 0. The zero-order chi connectivity index (χ0) is 11.4. The second-order valence-electron chi connectivity index (χ2n) is 3.69. The highest BCUT2D eigenvalue weighted by Crippen LogP contribution is 2.16. The number of carbonyl (C=O) groups excluding carboxylic acids is 2. The van der Waals surface area contributed by atoms with Crippen molar-refractivity contribution in [1.82, 2.24) is 4.90 Å². The molecule has 1 fully saturated rings. The molecule has 2 amide bonds. The lowest BCUT2D eigenvalue weighted by Crippen LogP contribution is -2.43. The van der Waals surface area contributed by atoms with E-state index in [1.165, 1.54) is 0 Å². The topological polar surface area (TPSA) is 89.4 Å². The Kier molecular flexibility index (Phi) is 3.69. The van der Waals surface area contributed by atoms with Crippen LogP contribution in [0.2, 0.25) is 0 Å². The van der Waals surface area contributed by atoms with Gasteiger partial charge in [-0.2, -0.15) is 0 Å². The maximum atomic E-state index is 11.7.